The Kier molecular flexibility index (Phi) is 4.56. The molecule has 6 heteroatoms. The van der Waals surface area contributed by atoms with E-state index in [1.165, 1.54) is 11.8 Å². The fourth-order valence-electron chi connectivity index (χ4n) is 1.13. The van der Waals surface area contributed by atoms with Crippen molar-refractivity contribution in [3.8, 4) is 0 Å². The van der Waals surface area contributed by atoms with Crippen molar-refractivity contribution in [3.05, 3.63) is 11.8 Å². The zero-order chi connectivity index (χ0) is 13.1. The van der Waals surface area contributed by atoms with Gasteiger partial charge in [-0.2, -0.15) is 0 Å². The minimum Gasteiger partial charge on any atom is -0.481 e. The standard InChI is InChI=1S/C11H18N2O3S/c1-7(5-9(14)15)17-6-8-12-13-10(16-8)11(2,3)4/h7H,5-6H2,1-4H3,(H,14,15). The van der Waals surface area contributed by atoms with Crippen molar-refractivity contribution in [1.82, 2.24) is 10.2 Å². The highest BCUT2D eigenvalue weighted by molar-refractivity contribution is 7.99. The van der Waals surface area contributed by atoms with E-state index in [9.17, 15) is 4.79 Å². The maximum absolute atomic E-state index is 10.5. The van der Waals surface area contributed by atoms with Crippen LogP contribution in [0.1, 0.15) is 45.9 Å². The van der Waals surface area contributed by atoms with Crippen molar-refractivity contribution >= 4 is 17.7 Å². The molecule has 0 saturated carbocycles. The van der Waals surface area contributed by atoms with Gasteiger partial charge in [-0.15, -0.1) is 22.0 Å². The molecule has 0 spiro atoms. The molecule has 17 heavy (non-hydrogen) atoms. The third-order valence-corrected chi connectivity index (χ3v) is 3.21. The highest BCUT2D eigenvalue weighted by Gasteiger charge is 2.21. The van der Waals surface area contributed by atoms with Gasteiger partial charge in [0.25, 0.3) is 0 Å². The Labute approximate surface area is 105 Å². The van der Waals surface area contributed by atoms with E-state index in [2.05, 4.69) is 10.2 Å². The van der Waals surface area contributed by atoms with E-state index in [0.29, 0.717) is 17.5 Å². The lowest BCUT2D eigenvalue weighted by Crippen LogP contribution is -2.11. The summed E-state index contributed by atoms with van der Waals surface area (Å²) in [7, 11) is 0. The molecule has 1 unspecified atom stereocenters. The summed E-state index contributed by atoms with van der Waals surface area (Å²) in [4.78, 5) is 10.5. The lowest BCUT2D eigenvalue weighted by Gasteiger charge is -2.11. The Morgan fingerprint density at radius 2 is 2.12 bits per heavy atom. The summed E-state index contributed by atoms with van der Waals surface area (Å²) in [5.74, 6) is 0.930. The summed E-state index contributed by atoms with van der Waals surface area (Å²) >= 11 is 1.50. The number of aromatic nitrogens is 2. The van der Waals surface area contributed by atoms with Crippen LogP contribution in [0.5, 0.6) is 0 Å². The van der Waals surface area contributed by atoms with E-state index >= 15 is 0 Å². The molecule has 0 aliphatic rings. The number of thioether (sulfide) groups is 1. The minimum absolute atomic E-state index is 0.0393. The number of aliphatic carboxylic acids is 1. The molecular formula is C11H18N2O3S. The summed E-state index contributed by atoms with van der Waals surface area (Å²) in [5.41, 5.74) is -0.150. The van der Waals surface area contributed by atoms with E-state index in [1.54, 1.807) is 0 Å². The van der Waals surface area contributed by atoms with Crippen LogP contribution in [-0.4, -0.2) is 26.5 Å². The quantitative estimate of drug-likeness (QED) is 0.874. The van der Waals surface area contributed by atoms with Crippen molar-refractivity contribution in [3.63, 3.8) is 0 Å². The molecule has 1 aromatic heterocycles. The molecule has 1 rings (SSSR count). The Balaban J connectivity index is 2.48. The molecule has 5 nitrogen and oxygen atoms in total. The molecule has 1 aromatic rings. The summed E-state index contributed by atoms with van der Waals surface area (Å²) < 4.78 is 5.51. The van der Waals surface area contributed by atoms with Crippen LogP contribution >= 0.6 is 11.8 Å². The van der Waals surface area contributed by atoms with Crippen LogP contribution in [0.2, 0.25) is 0 Å². The highest BCUT2D eigenvalue weighted by Crippen LogP contribution is 2.23. The molecule has 0 fully saturated rings. The summed E-state index contributed by atoms with van der Waals surface area (Å²) in [6.45, 7) is 7.89. The van der Waals surface area contributed by atoms with Crippen LogP contribution in [0.4, 0.5) is 0 Å². The Bertz CT molecular complexity index is 384. The second kappa shape index (κ2) is 5.53. The Morgan fingerprint density at radius 1 is 1.47 bits per heavy atom. The first-order valence-corrected chi connectivity index (χ1v) is 6.50. The molecule has 0 aliphatic heterocycles. The van der Waals surface area contributed by atoms with Gasteiger partial charge in [-0.05, 0) is 0 Å². The first-order chi connectivity index (χ1) is 7.79. The second-order valence-electron chi connectivity index (χ2n) is 4.97. The van der Waals surface area contributed by atoms with Crippen molar-refractivity contribution in [2.45, 2.75) is 50.5 Å². The van der Waals surface area contributed by atoms with Gasteiger partial charge in [0.2, 0.25) is 11.8 Å². The predicted molar refractivity (Wildman–Crippen MR) is 66.0 cm³/mol. The fraction of sp³-hybridized carbons (Fsp3) is 0.727. The van der Waals surface area contributed by atoms with Gasteiger partial charge in [0.15, 0.2) is 0 Å². The first-order valence-electron chi connectivity index (χ1n) is 5.45. The molecule has 1 heterocycles. The van der Waals surface area contributed by atoms with Crippen molar-refractivity contribution in [2.24, 2.45) is 0 Å². The van der Waals surface area contributed by atoms with Gasteiger partial charge in [-0.1, -0.05) is 27.7 Å². The molecule has 0 aromatic carbocycles. The van der Waals surface area contributed by atoms with Gasteiger partial charge in [0, 0.05) is 10.7 Å². The van der Waals surface area contributed by atoms with Gasteiger partial charge >= 0.3 is 5.97 Å². The minimum atomic E-state index is -0.786. The number of carbonyl (C=O) groups is 1. The van der Waals surface area contributed by atoms with Gasteiger partial charge in [0.1, 0.15) is 0 Å². The van der Waals surface area contributed by atoms with Crippen molar-refractivity contribution in [2.75, 3.05) is 0 Å². The lowest BCUT2D eigenvalue weighted by molar-refractivity contribution is -0.136. The molecular weight excluding hydrogens is 240 g/mol. The Hall–Kier alpha value is -1.04. The van der Waals surface area contributed by atoms with Gasteiger partial charge in [0.05, 0.1) is 12.2 Å². The summed E-state index contributed by atoms with van der Waals surface area (Å²) in [6, 6.07) is 0. The predicted octanol–water partition coefficient (Wildman–Crippen LogP) is 2.46. The molecule has 0 radical (unpaired) electrons. The van der Waals surface area contributed by atoms with Crippen LogP contribution in [0, 0.1) is 0 Å². The Morgan fingerprint density at radius 3 is 2.59 bits per heavy atom. The fourth-order valence-corrected chi connectivity index (χ4v) is 1.94. The maximum atomic E-state index is 10.5. The molecule has 0 saturated heterocycles. The summed E-state index contributed by atoms with van der Waals surface area (Å²) in [5, 5.41) is 16.6. The molecule has 96 valence electrons. The van der Waals surface area contributed by atoms with Crippen LogP contribution < -0.4 is 0 Å². The van der Waals surface area contributed by atoms with Crippen LogP contribution in [0.3, 0.4) is 0 Å². The number of nitrogens with zero attached hydrogens (tertiary/aromatic N) is 2. The highest BCUT2D eigenvalue weighted by atomic mass is 32.2. The zero-order valence-electron chi connectivity index (χ0n) is 10.6. The SMILES string of the molecule is CC(CC(=O)O)SCc1nnc(C(C)(C)C)o1. The second-order valence-corrected chi connectivity index (χ2v) is 6.40. The van der Waals surface area contributed by atoms with E-state index in [4.69, 9.17) is 9.52 Å². The third kappa shape index (κ3) is 4.77. The van der Waals surface area contributed by atoms with E-state index < -0.39 is 5.97 Å². The number of carboxylic acid groups (broad SMARTS) is 1. The molecule has 0 bridgehead atoms. The maximum Gasteiger partial charge on any atom is 0.304 e. The largest absolute Gasteiger partial charge is 0.481 e. The van der Waals surface area contributed by atoms with Crippen LogP contribution in [0.25, 0.3) is 0 Å². The van der Waals surface area contributed by atoms with Gasteiger partial charge < -0.3 is 9.52 Å². The normalized spacial score (nSPS) is 13.6. The lowest BCUT2D eigenvalue weighted by atomic mass is 9.97. The van der Waals surface area contributed by atoms with Crippen LogP contribution in [0.15, 0.2) is 4.42 Å². The topological polar surface area (TPSA) is 76.2 Å². The monoisotopic (exact) mass is 258 g/mol. The average Bonchev–Trinajstić information content (AvgIpc) is 2.61. The number of rotatable bonds is 5. The molecule has 0 amide bonds. The van der Waals surface area contributed by atoms with Crippen molar-refractivity contribution in [1.29, 1.82) is 0 Å². The van der Waals surface area contributed by atoms with Gasteiger partial charge in [-0.25, -0.2) is 0 Å². The zero-order valence-corrected chi connectivity index (χ0v) is 11.4. The number of hydrogen-bond donors (Lipinski definition) is 1. The number of hydrogen-bond acceptors (Lipinski definition) is 5. The molecule has 1 atom stereocenters. The van der Waals surface area contributed by atoms with E-state index in [0.717, 1.165) is 0 Å². The smallest absolute Gasteiger partial charge is 0.304 e. The first kappa shape index (κ1) is 14.0. The van der Waals surface area contributed by atoms with E-state index in [-0.39, 0.29) is 17.1 Å². The number of carboxylic acids is 1. The molecule has 1 N–H and O–H groups in total. The summed E-state index contributed by atoms with van der Waals surface area (Å²) in [6.07, 6.45) is 0.144. The van der Waals surface area contributed by atoms with Crippen LogP contribution in [-0.2, 0) is 16.0 Å². The van der Waals surface area contributed by atoms with E-state index in [1.807, 2.05) is 27.7 Å². The average molecular weight is 258 g/mol. The van der Waals surface area contributed by atoms with Gasteiger partial charge in [-0.3, -0.25) is 4.79 Å². The molecule has 0 aliphatic carbocycles. The third-order valence-electron chi connectivity index (χ3n) is 2.06. The van der Waals surface area contributed by atoms with Crippen molar-refractivity contribution < 1.29 is 14.3 Å².